The molecule has 0 radical (unpaired) electrons. The third-order valence-electron chi connectivity index (χ3n) is 2.49. The predicted octanol–water partition coefficient (Wildman–Crippen LogP) is 0.648. The van der Waals surface area contributed by atoms with Crippen molar-refractivity contribution < 1.29 is 14.3 Å². The van der Waals surface area contributed by atoms with E-state index in [2.05, 4.69) is 5.32 Å². The summed E-state index contributed by atoms with van der Waals surface area (Å²) in [5, 5.41) is 2.63. The molecule has 0 bridgehead atoms. The van der Waals surface area contributed by atoms with E-state index in [4.69, 9.17) is 4.74 Å². The molecule has 4 heteroatoms. The second-order valence-electron chi connectivity index (χ2n) is 3.85. The smallest absolute Gasteiger partial charge is 0.249 e. The minimum Gasteiger partial charge on any atom is -0.365 e. The topological polar surface area (TPSA) is 55.4 Å². The molecule has 80 valence electrons. The van der Waals surface area contributed by atoms with Gasteiger partial charge in [-0.2, -0.15) is 0 Å². The van der Waals surface area contributed by atoms with Crippen LogP contribution in [0.15, 0.2) is 0 Å². The number of Topliss-reactive ketones (excluding diaryl/α,β-unsaturated/α-hetero) is 1. The summed E-state index contributed by atoms with van der Waals surface area (Å²) in [5.74, 6) is -0.207. The van der Waals surface area contributed by atoms with E-state index in [0.29, 0.717) is 0 Å². The maximum Gasteiger partial charge on any atom is 0.249 e. The van der Waals surface area contributed by atoms with E-state index in [0.717, 1.165) is 12.8 Å². The molecule has 1 rings (SSSR count). The van der Waals surface area contributed by atoms with Crippen molar-refractivity contribution in [1.82, 2.24) is 5.32 Å². The van der Waals surface area contributed by atoms with Gasteiger partial charge in [-0.05, 0) is 33.6 Å². The first-order valence-corrected chi connectivity index (χ1v) is 4.97. The lowest BCUT2D eigenvalue weighted by molar-refractivity contribution is -0.134. The van der Waals surface area contributed by atoms with Crippen molar-refractivity contribution in [1.29, 1.82) is 0 Å². The van der Waals surface area contributed by atoms with Crippen LogP contribution in [0.1, 0.15) is 33.6 Å². The Labute approximate surface area is 84.0 Å². The molecule has 0 aliphatic carbocycles. The Hall–Kier alpha value is -0.900. The van der Waals surface area contributed by atoms with Crippen LogP contribution in [0.4, 0.5) is 0 Å². The Bertz CT molecular complexity index is 240. The molecule has 0 saturated carbocycles. The Kier molecular flexibility index (Phi) is 3.63. The normalized spacial score (nSPS) is 28.5. The average Bonchev–Trinajstić information content (AvgIpc) is 2.51. The van der Waals surface area contributed by atoms with E-state index < -0.39 is 6.04 Å². The van der Waals surface area contributed by atoms with Gasteiger partial charge in [0.05, 0.1) is 12.1 Å². The van der Waals surface area contributed by atoms with E-state index >= 15 is 0 Å². The molecule has 3 unspecified atom stereocenters. The van der Waals surface area contributed by atoms with Crippen molar-refractivity contribution in [2.75, 3.05) is 0 Å². The molecule has 0 spiro atoms. The Morgan fingerprint density at radius 1 is 1.43 bits per heavy atom. The molecule has 1 aliphatic rings. The van der Waals surface area contributed by atoms with E-state index in [1.807, 2.05) is 6.92 Å². The van der Waals surface area contributed by atoms with Gasteiger partial charge in [0.15, 0.2) is 5.78 Å². The lowest BCUT2D eigenvalue weighted by Crippen LogP contribution is -2.43. The van der Waals surface area contributed by atoms with Gasteiger partial charge in [0.2, 0.25) is 5.91 Å². The van der Waals surface area contributed by atoms with Crippen molar-refractivity contribution >= 4 is 11.7 Å². The van der Waals surface area contributed by atoms with Crippen LogP contribution in [0.3, 0.4) is 0 Å². The SMILES string of the molecule is CC(=O)C(C)NC(=O)C1CCC(C)O1. The van der Waals surface area contributed by atoms with Gasteiger partial charge in [-0.15, -0.1) is 0 Å². The van der Waals surface area contributed by atoms with Gasteiger partial charge in [0.25, 0.3) is 0 Å². The summed E-state index contributed by atoms with van der Waals surface area (Å²) in [4.78, 5) is 22.4. The second-order valence-corrected chi connectivity index (χ2v) is 3.85. The van der Waals surface area contributed by atoms with Gasteiger partial charge >= 0.3 is 0 Å². The molecular weight excluding hydrogens is 182 g/mol. The summed E-state index contributed by atoms with van der Waals surface area (Å²) in [6.07, 6.45) is 1.44. The molecule has 1 aliphatic heterocycles. The van der Waals surface area contributed by atoms with Gasteiger partial charge in [-0.3, -0.25) is 9.59 Å². The van der Waals surface area contributed by atoms with Crippen LogP contribution in [0.25, 0.3) is 0 Å². The zero-order chi connectivity index (χ0) is 10.7. The van der Waals surface area contributed by atoms with Gasteiger partial charge in [-0.1, -0.05) is 0 Å². The van der Waals surface area contributed by atoms with Crippen molar-refractivity contribution in [3.63, 3.8) is 0 Å². The van der Waals surface area contributed by atoms with Crippen molar-refractivity contribution in [3.8, 4) is 0 Å². The monoisotopic (exact) mass is 199 g/mol. The fraction of sp³-hybridized carbons (Fsp3) is 0.800. The molecule has 1 saturated heterocycles. The maximum atomic E-state index is 11.5. The van der Waals surface area contributed by atoms with Crippen LogP contribution in [0.5, 0.6) is 0 Å². The van der Waals surface area contributed by atoms with Crippen LogP contribution in [0, 0.1) is 0 Å². The summed E-state index contributed by atoms with van der Waals surface area (Å²) in [6.45, 7) is 5.09. The van der Waals surface area contributed by atoms with Gasteiger partial charge < -0.3 is 10.1 Å². The number of ketones is 1. The molecule has 1 heterocycles. The summed E-state index contributed by atoms with van der Waals surface area (Å²) in [6, 6.07) is -0.415. The van der Waals surface area contributed by atoms with E-state index in [1.54, 1.807) is 6.92 Å². The molecular formula is C10H17NO3. The Morgan fingerprint density at radius 2 is 2.07 bits per heavy atom. The molecule has 0 aromatic rings. The summed E-state index contributed by atoms with van der Waals surface area (Å²) >= 11 is 0. The zero-order valence-corrected chi connectivity index (χ0v) is 8.87. The third-order valence-corrected chi connectivity index (χ3v) is 2.49. The largest absolute Gasteiger partial charge is 0.365 e. The minimum absolute atomic E-state index is 0.0376. The highest BCUT2D eigenvalue weighted by molar-refractivity contribution is 5.89. The highest BCUT2D eigenvalue weighted by atomic mass is 16.5. The number of nitrogens with one attached hydrogen (secondary N) is 1. The van der Waals surface area contributed by atoms with E-state index in [1.165, 1.54) is 6.92 Å². The molecule has 0 aromatic heterocycles. The van der Waals surface area contributed by atoms with Gasteiger partial charge in [0.1, 0.15) is 6.10 Å². The average molecular weight is 199 g/mol. The summed E-state index contributed by atoms with van der Waals surface area (Å²) < 4.78 is 5.38. The maximum absolute atomic E-state index is 11.5. The van der Waals surface area contributed by atoms with Crippen LogP contribution >= 0.6 is 0 Å². The number of carbonyl (C=O) groups is 2. The number of ether oxygens (including phenoxy) is 1. The molecule has 3 atom stereocenters. The van der Waals surface area contributed by atoms with Crippen LogP contribution in [-0.4, -0.2) is 29.9 Å². The van der Waals surface area contributed by atoms with E-state index in [-0.39, 0.29) is 23.9 Å². The predicted molar refractivity (Wildman–Crippen MR) is 51.9 cm³/mol. The first-order valence-electron chi connectivity index (χ1n) is 4.97. The number of amides is 1. The van der Waals surface area contributed by atoms with Crippen molar-refractivity contribution in [2.24, 2.45) is 0 Å². The molecule has 1 fully saturated rings. The molecule has 14 heavy (non-hydrogen) atoms. The number of rotatable bonds is 3. The quantitative estimate of drug-likeness (QED) is 0.726. The van der Waals surface area contributed by atoms with E-state index in [9.17, 15) is 9.59 Å². The van der Waals surface area contributed by atoms with Crippen LogP contribution < -0.4 is 5.32 Å². The van der Waals surface area contributed by atoms with Gasteiger partial charge in [0, 0.05) is 0 Å². The zero-order valence-electron chi connectivity index (χ0n) is 8.87. The lowest BCUT2D eigenvalue weighted by atomic mass is 10.2. The Morgan fingerprint density at radius 3 is 2.50 bits per heavy atom. The van der Waals surface area contributed by atoms with Crippen molar-refractivity contribution in [3.05, 3.63) is 0 Å². The van der Waals surface area contributed by atoms with Crippen LogP contribution in [-0.2, 0) is 14.3 Å². The third kappa shape index (κ3) is 2.80. The number of hydrogen-bond donors (Lipinski definition) is 1. The highest BCUT2D eigenvalue weighted by Crippen LogP contribution is 2.18. The first-order chi connectivity index (χ1) is 6.50. The number of hydrogen-bond acceptors (Lipinski definition) is 3. The lowest BCUT2D eigenvalue weighted by Gasteiger charge is -2.14. The molecule has 1 amide bonds. The van der Waals surface area contributed by atoms with Crippen molar-refractivity contribution in [2.45, 2.75) is 51.9 Å². The minimum atomic E-state index is -0.415. The van der Waals surface area contributed by atoms with Crippen LogP contribution in [0.2, 0.25) is 0 Å². The fourth-order valence-corrected chi connectivity index (χ4v) is 1.40. The first kappa shape index (κ1) is 11.2. The second kappa shape index (κ2) is 4.55. The Balaban J connectivity index is 2.39. The summed E-state index contributed by atoms with van der Waals surface area (Å²) in [5.41, 5.74) is 0. The number of carbonyl (C=O) groups excluding carboxylic acids is 2. The fourth-order valence-electron chi connectivity index (χ4n) is 1.40. The molecule has 1 N–H and O–H groups in total. The standard InChI is InChI=1S/C10H17NO3/c1-6-4-5-9(14-6)10(13)11-7(2)8(3)12/h6-7,9H,4-5H2,1-3H3,(H,11,13). The van der Waals surface area contributed by atoms with Gasteiger partial charge in [-0.25, -0.2) is 0 Å². The molecule has 0 aromatic carbocycles. The molecule has 4 nitrogen and oxygen atoms in total. The highest BCUT2D eigenvalue weighted by Gasteiger charge is 2.29. The summed E-state index contributed by atoms with van der Waals surface area (Å²) in [7, 11) is 0.